The molecule has 0 bridgehead atoms. The molecule has 3 amide bonds. The van der Waals surface area contributed by atoms with E-state index in [-0.39, 0.29) is 17.9 Å². The first-order chi connectivity index (χ1) is 13.2. The minimum absolute atomic E-state index is 0.0476. The van der Waals surface area contributed by atoms with E-state index >= 15 is 0 Å². The highest BCUT2D eigenvalue weighted by Gasteiger charge is 2.29. The van der Waals surface area contributed by atoms with E-state index in [0.717, 1.165) is 11.3 Å². The molecule has 0 spiro atoms. The first-order valence-corrected chi connectivity index (χ1v) is 9.50. The van der Waals surface area contributed by atoms with Gasteiger partial charge in [-0.3, -0.25) is 14.4 Å². The Hall–Kier alpha value is -2.61. The fraction of sp³-hybridized carbons (Fsp3) is 0.550. The van der Waals surface area contributed by atoms with Crippen LogP contribution >= 0.6 is 0 Å². The molecule has 0 saturated carbocycles. The van der Waals surface area contributed by atoms with Crippen molar-refractivity contribution in [1.29, 1.82) is 0 Å². The van der Waals surface area contributed by atoms with Gasteiger partial charge in [-0.25, -0.2) is 0 Å². The molecule has 1 aliphatic rings. The van der Waals surface area contributed by atoms with Crippen LogP contribution in [0.4, 0.5) is 5.69 Å². The lowest BCUT2D eigenvalue weighted by molar-refractivity contribution is -0.147. The number of likely N-dealkylation sites (tertiary alicyclic amines) is 1. The van der Waals surface area contributed by atoms with Crippen molar-refractivity contribution in [1.82, 2.24) is 15.1 Å². The van der Waals surface area contributed by atoms with Gasteiger partial charge in [0.1, 0.15) is 0 Å². The predicted molar refractivity (Wildman–Crippen MR) is 109 cm³/mol. The number of amides is 3. The molecule has 8 nitrogen and oxygen atoms in total. The second-order valence-corrected chi connectivity index (χ2v) is 7.64. The predicted octanol–water partition coefficient (Wildman–Crippen LogP) is 0.195. The standard InChI is InChI=1S/C20H31N5O3/c1-23(2)16-7-5-14(6-8-16)17(24(3)4)13-22-19(27)20(28)25-11-9-15(10-12-25)18(21)26/h5-8,15,17H,9-13H2,1-4H3,(H2,21,26)(H,22,27)/t17-/m1/s1. The van der Waals surface area contributed by atoms with Crippen LogP contribution in [0.25, 0.3) is 0 Å². The Kier molecular flexibility index (Phi) is 7.39. The SMILES string of the molecule is CN(C)c1ccc([C@@H](CNC(=O)C(=O)N2CCC(C(N)=O)CC2)N(C)C)cc1. The Bertz CT molecular complexity index is 694. The molecule has 0 aromatic heterocycles. The third kappa shape index (κ3) is 5.45. The van der Waals surface area contributed by atoms with Gasteiger partial charge in [0.15, 0.2) is 0 Å². The minimum Gasteiger partial charge on any atom is -0.378 e. The van der Waals surface area contributed by atoms with Gasteiger partial charge in [0.2, 0.25) is 5.91 Å². The van der Waals surface area contributed by atoms with Gasteiger partial charge >= 0.3 is 11.8 Å². The van der Waals surface area contributed by atoms with Crippen molar-refractivity contribution in [3.63, 3.8) is 0 Å². The highest BCUT2D eigenvalue weighted by atomic mass is 16.2. The number of hydrogen-bond donors (Lipinski definition) is 2. The Morgan fingerprint density at radius 3 is 2.14 bits per heavy atom. The number of nitrogens with zero attached hydrogens (tertiary/aromatic N) is 3. The van der Waals surface area contributed by atoms with Crippen molar-refractivity contribution in [2.45, 2.75) is 18.9 Å². The van der Waals surface area contributed by atoms with Crippen LogP contribution < -0.4 is 16.0 Å². The summed E-state index contributed by atoms with van der Waals surface area (Å²) in [6, 6.07) is 8.07. The van der Waals surface area contributed by atoms with E-state index in [1.807, 2.05) is 62.3 Å². The summed E-state index contributed by atoms with van der Waals surface area (Å²) in [6.07, 6.45) is 1.01. The number of rotatable bonds is 6. The number of hydrogen-bond acceptors (Lipinski definition) is 5. The van der Waals surface area contributed by atoms with Gasteiger partial charge in [0, 0.05) is 45.3 Å². The Morgan fingerprint density at radius 1 is 1.11 bits per heavy atom. The van der Waals surface area contributed by atoms with Crippen molar-refractivity contribution >= 4 is 23.4 Å². The van der Waals surface area contributed by atoms with Gasteiger partial charge in [0.05, 0.1) is 6.04 Å². The van der Waals surface area contributed by atoms with E-state index in [1.165, 1.54) is 4.90 Å². The average molecular weight is 390 g/mol. The Balaban J connectivity index is 1.93. The number of carbonyl (C=O) groups excluding carboxylic acids is 3. The molecule has 1 heterocycles. The van der Waals surface area contributed by atoms with E-state index in [2.05, 4.69) is 5.32 Å². The fourth-order valence-electron chi connectivity index (χ4n) is 3.37. The minimum atomic E-state index is -0.616. The molecule has 1 aliphatic heterocycles. The molecule has 28 heavy (non-hydrogen) atoms. The van der Waals surface area contributed by atoms with Crippen LogP contribution in [0.1, 0.15) is 24.4 Å². The van der Waals surface area contributed by atoms with Crippen LogP contribution in [0.3, 0.4) is 0 Å². The van der Waals surface area contributed by atoms with E-state index in [1.54, 1.807) is 0 Å². The normalized spacial score (nSPS) is 16.0. The molecule has 0 radical (unpaired) electrons. The van der Waals surface area contributed by atoms with Crippen molar-refractivity contribution < 1.29 is 14.4 Å². The number of nitrogens with one attached hydrogen (secondary N) is 1. The second kappa shape index (κ2) is 9.54. The molecule has 1 atom stereocenters. The number of anilines is 1. The second-order valence-electron chi connectivity index (χ2n) is 7.64. The number of carbonyl (C=O) groups is 3. The lowest BCUT2D eigenvalue weighted by Crippen LogP contribution is -2.48. The molecule has 1 fully saturated rings. The largest absolute Gasteiger partial charge is 0.378 e. The van der Waals surface area contributed by atoms with Crippen LogP contribution in [-0.4, -0.2) is 75.3 Å². The molecule has 0 aliphatic carbocycles. The van der Waals surface area contributed by atoms with Gasteiger partial charge in [-0.05, 0) is 44.6 Å². The topological polar surface area (TPSA) is 99.0 Å². The van der Waals surface area contributed by atoms with Crippen molar-refractivity contribution in [2.75, 3.05) is 52.7 Å². The molecule has 2 rings (SSSR count). The van der Waals surface area contributed by atoms with Gasteiger partial charge in [-0.2, -0.15) is 0 Å². The van der Waals surface area contributed by atoms with Crippen LogP contribution in [0.2, 0.25) is 0 Å². The first kappa shape index (κ1) is 21.7. The third-order valence-corrected chi connectivity index (χ3v) is 5.25. The zero-order valence-corrected chi connectivity index (χ0v) is 17.1. The summed E-state index contributed by atoms with van der Waals surface area (Å²) in [6.45, 7) is 1.09. The molecule has 1 aromatic rings. The molecule has 8 heteroatoms. The van der Waals surface area contributed by atoms with Gasteiger partial charge in [-0.1, -0.05) is 12.1 Å². The Morgan fingerprint density at radius 2 is 1.68 bits per heavy atom. The Labute approximate surface area is 166 Å². The monoisotopic (exact) mass is 389 g/mol. The van der Waals surface area contributed by atoms with Crippen LogP contribution in [-0.2, 0) is 14.4 Å². The quantitative estimate of drug-likeness (QED) is 0.677. The molecule has 1 saturated heterocycles. The summed E-state index contributed by atoms with van der Waals surface area (Å²) in [4.78, 5) is 41.5. The lowest BCUT2D eigenvalue weighted by atomic mass is 9.96. The summed E-state index contributed by atoms with van der Waals surface area (Å²) < 4.78 is 0. The van der Waals surface area contributed by atoms with Crippen molar-refractivity contribution in [2.24, 2.45) is 11.7 Å². The highest BCUT2D eigenvalue weighted by molar-refractivity contribution is 6.35. The number of primary amides is 1. The van der Waals surface area contributed by atoms with Gasteiger partial charge in [0.25, 0.3) is 0 Å². The average Bonchev–Trinajstić information content (AvgIpc) is 2.67. The lowest BCUT2D eigenvalue weighted by Gasteiger charge is -2.30. The smallest absolute Gasteiger partial charge is 0.311 e. The molecule has 3 N–H and O–H groups in total. The number of piperidine rings is 1. The van der Waals surface area contributed by atoms with Crippen LogP contribution in [0.5, 0.6) is 0 Å². The zero-order chi connectivity index (χ0) is 20.8. The van der Waals surface area contributed by atoms with E-state index in [0.29, 0.717) is 32.5 Å². The molecular weight excluding hydrogens is 358 g/mol. The van der Waals surface area contributed by atoms with Gasteiger partial charge in [-0.15, -0.1) is 0 Å². The van der Waals surface area contributed by atoms with Crippen LogP contribution in [0.15, 0.2) is 24.3 Å². The third-order valence-electron chi connectivity index (χ3n) is 5.25. The van der Waals surface area contributed by atoms with Crippen LogP contribution in [0, 0.1) is 5.92 Å². The highest BCUT2D eigenvalue weighted by Crippen LogP contribution is 2.21. The number of likely N-dealkylation sites (N-methyl/N-ethyl adjacent to an activating group) is 1. The molecule has 154 valence electrons. The van der Waals surface area contributed by atoms with E-state index in [9.17, 15) is 14.4 Å². The maximum atomic E-state index is 12.4. The summed E-state index contributed by atoms with van der Waals surface area (Å²) in [5.74, 6) is -1.72. The summed E-state index contributed by atoms with van der Waals surface area (Å²) >= 11 is 0. The molecular formula is C20H31N5O3. The number of nitrogens with two attached hydrogens (primary N) is 1. The fourth-order valence-corrected chi connectivity index (χ4v) is 3.37. The summed E-state index contributed by atoms with van der Waals surface area (Å²) in [7, 11) is 7.84. The summed E-state index contributed by atoms with van der Waals surface area (Å²) in [5, 5.41) is 2.76. The molecule has 0 unspecified atom stereocenters. The number of benzene rings is 1. The van der Waals surface area contributed by atoms with Crippen molar-refractivity contribution in [3.8, 4) is 0 Å². The zero-order valence-electron chi connectivity index (χ0n) is 17.1. The first-order valence-electron chi connectivity index (χ1n) is 9.50. The van der Waals surface area contributed by atoms with Crippen molar-refractivity contribution in [3.05, 3.63) is 29.8 Å². The maximum absolute atomic E-state index is 12.4. The summed E-state index contributed by atoms with van der Waals surface area (Å²) in [5.41, 5.74) is 7.47. The molecule has 1 aromatic carbocycles. The maximum Gasteiger partial charge on any atom is 0.311 e. The van der Waals surface area contributed by atoms with Gasteiger partial charge < -0.3 is 25.8 Å². The van der Waals surface area contributed by atoms with E-state index < -0.39 is 11.8 Å². The van der Waals surface area contributed by atoms with E-state index in [4.69, 9.17) is 5.73 Å².